The molecule has 0 atom stereocenters. The van der Waals surface area contributed by atoms with Gasteiger partial charge in [-0.05, 0) is 64.0 Å². The first-order valence-electron chi connectivity index (χ1n) is 9.21. The average molecular weight is 356 g/mol. The van der Waals surface area contributed by atoms with E-state index in [1.807, 2.05) is 6.07 Å². The number of aliphatic imine (C=N–C) groups is 1. The quantitative estimate of drug-likeness (QED) is 0.615. The van der Waals surface area contributed by atoms with E-state index < -0.39 is 0 Å². The van der Waals surface area contributed by atoms with E-state index in [2.05, 4.69) is 69.4 Å². The summed E-state index contributed by atoms with van der Waals surface area (Å²) in [6.07, 6.45) is 2.09. The van der Waals surface area contributed by atoms with E-state index in [9.17, 15) is 0 Å². The number of morpholine rings is 1. The molecule has 2 heterocycles. The summed E-state index contributed by atoms with van der Waals surface area (Å²) >= 11 is 0. The Balaban J connectivity index is 1.90. The fourth-order valence-corrected chi connectivity index (χ4v) is 3.22. The van der Waals surface area contributed by atoms with E-state index in [0.717, 1.165) is 48.7 Å². The van der Waals surface area contributed by atoms with Crippen molar-refractivity contribution < 1.29 is 14.0 Å². The molecule has 2 aliphatic rings. The highest BCUT2D eigenvalue weighted by Gasteiger charge is 2.52. The molecule has 0 N–H and O–H groups in total. The van der Waals surface area contributed by atoms with Crippen molar-refractivity contribution in [3.05, 3.63) is 35.1 Å². The monoisotopic (exact) mass is 356 g/mol. The molecule has 2 aliphatic heterocycles. The molecule has 1 aromatic carbocycles. The maximum absolute atomic E-state index is 6.23. The van der Waals surface area contributed by atoms with Gasteiger partial charge in [-0.15, -0.1) is 0 Å². The number of hydrogen-bond donors (Lipinski definition) is 0. The molecule has 0 aliphatic carbocycles. The Hall–Kier alpha value is -1.63. The van der Waals surface area contributed by atoms with Crippen LogP contribution in [0.2, 0.25) is 0 Å². The molecule has 140 valence electrons. The molecule has 2 fully saturated rings. The molecule has 26 heavy (non-hydrogen) atoms. The molecule has 0 spiro atoms. The maximum atomic E-state index is 6.23. The predicted octanol–water partition coefficient (Wildman–Crippen LogP) is 2.63. The van der Waals surface area contributed by atoms with Gasteiger partial charge in [-0.3, -0.25) is 0 Å². The number of benzene rings is 1. The van der Waals surface area contributed by atoms with Crippen LogP contribution < -0.4 is 5.46 Å². The van der Waals surface area contributed by atoms with Crippen LogP contribution in [0.3, 0.4) is 0 Å². The lowest BCUT2D eigenvalue weighted by atomic mass is 9.75. The normalized spacial score (nSPS) is 22.6. The third-order valence-electron chi connectivity index (χ3n) is 5.71. The summed E-state index contributed by atoms with van der Waals surface area (Å²) < 4.78 is 17.9. The van der Waals surface area contributed by atoms with E-state index in [4.69, 9.17) is 14.0 Å². The van der Waals surface area contributed by atoms with E-state index in [-0.39, 0.29) is 18.3 Å². The second-order valence-electron chi connectivity index (χ2n) is 7.91. The van der Waals surface area contributed by atoms with Gasteiger partial charge in [0.05, 0.1) is 24.4 Å². The number of ether oxygens (including phenoxy) is 1. The molecule has 6 heteroatoms. The van der Waals surface area contributed by atoms with Crippen molar-refractivity contribution in [3.63, 3.8) is 0 Å². The Bertz CT molecular complexity index is 693. The van der Waals surface area contributed by atoms with Crippen LogP contribution in [0.1, 0.15) is 38.8 Å². The number of rotatable bonds is 4. The largest absolute Gasteiger partial charge is 0.495 e. The first kappa shape index (κ1) is 19.1. The van der Waals surface area contributed by atoms with Crippen molar-refractivity contribution in [1.29, 1.82) is 0 Å². The highest BCUT2D eigenvalue weighted by molar-refractivity contribution is 6.62. The predicted molar refractivity (Wildman–Crippen MR) is 107 cm³/mol. The fourth-order valence-electron chi connectivity index (χ4n) is 3.22. The van der Waals surface area contributed by atoms with Gasteiger partial charge in [0.2, 0.25) is 0 Å². The molecule has 0 saturated carbocycles. The van der Waals surface area contributed by atoms with E-state index in [1.54, 1.807) is 0 Å². The molecule has 0 amide bonds. The maximum Gasteiger partial charge on any atom is 0.495 e. The van der Waals surface area contributed by atoms with Crippen LogP contribution in [-0.4, -0.2) is 56.2 Å². The second kappa shape index (κ2) is 7.18. The van der Waals surface area contributed by atoms with Crippen LogP contribution in [0.4, 0.5) is 0 Å². The molecule has 0 bridgehead atoms. The van der Waals surface area contributed by atoms with Crippen molar-refractivity contribution in [2.24, 2.45) is 4.99 Å². The summed E-state index contributed by atoms with van der Waals surface area (Å²) in [6, 6.07) is 6.21. The minimum absolute atomic E-state index is 0.350. The van der Waals surface area contributed by atoms with E-state index in [1.165, 1.54) is 0 Å². The van der Waals surface area contributed by atoms with Gasteiger partial charge in [-0.1, -0.05) is 18.2 Å². The van der Waals surface area contributed by atoms with Crippen molar-refractivity contribution in [2.75, 3.05) is 26.3 Å². The molecule has 5 nitrogen and oxygen atoms in total. The molecule has 1 aromatic rings. The summed E-state index contributed by atoms with van der Waals surface area (Å²) in [5.74, 6) is 0.877. The summed E-state index contributed by atoms with van der Waals surface area (Å²) in [5, 5.41) is 0. The van der Waals surface area contributed by atoms with Crippen molar-refractivity contribution in [3.8, 4) is 0 Å². The Morgan fingerprint density at radius 2 is 1.77 bits per heavy atom. The van der Waals surface area contributed by atoms with Gasteiger partial charge in [0.25, 0.3) is 0 Å². The molecular weight excluding hydrogens is 327 g/mol. The summed E-state index contributed by atoms with van der Waals surface area (Å²) in [6.45, 7) is 17.3. The Morgan fingerprint density at radius 3 is 2.35 bits per heavy atom. The lowest BCUT2D eigenvalue weighted by Gasteiger charge is -2.32. The van der Waals surface area contributed by atoms with Crippen LogP contribution in [0.25, 0.3) is 6.08 Å². The van der Waals surface area contributed by atoms with Crippen LogP contribution in [0.5, 0.6) is 0 Å². The van der Waals surface area contributed by atoms with Crippen LogP contribution in [-0.2, 0) is 14.0 Å². The Labute approximate surface area is 157 Å². The lowest BCUT2D eigenvalue weighted by molar-refractivity contribution is 0.00578. The summed E-state index contributed by atoms with van der Waals surface area (Å²) in [4.78, 5) is 6.45. The second-order valence-corrected chi connectivity index (χ2v) is 7.91. The smallest absolute Gasteiger partial charge is 0.399 e. The van der Waals surface area contributed by atoms with Crippen LogP contribution >= 0.6 is 0 Å². The Morgan fingerprint density at radius 1 is 1.15 bits per heavy atom. The Kier molecular flexibility index (Phi) is 5.29. The van der Waals surface area contributed by atoms with Crippen LogP contribution in [0.15, 0.2) is 29.0 Å². The highest BCUT2D eigenvalue weighted by atomic mass is 16.7. The van der Waals surface area contributed by atoms with E-state index in [0.29, 0.717) is 0 Å². The number of nitrogens with zero attached hydrogens (tertiary/aromatic N) is 2. The molecule has 2 saturated heterocycles. The molecule has 0 radical (unpaired) electrons. The molecule has 3 rings (SSSR count). The highest BCUT2D eigenvalue weighted by Crippen LogP contribution is 2.36. The lowest BCUT2D eigenvalue weighted by Crippen LogP contribution is -2.41. The van der Waals surface area contributed by atoms with Crippen LogP contribution in [0, 0.1) is 6.92 Å². The van der Waals surface area contributed by atoms with Gasteiger partial charge in [-0.25, -0.2) is 4.99 Å². The first-order chi connectivity index (χ1) is 12.2. The zero-order valence-electron chi connectivity index (χ0n) is 16.5. The van der Waals surface area contributed by atoms with Gasteiger partial charge < -0.3 is 18.9 Å². The van der Waals surface area contributed by atoms with Gasteiger partial charge >= 0.3 is 7.12 Å². The SMILES string of the molecule is C=N/C(=C\c1cccc(B2OC(C)(C)C(C)(C)O2)c1C)N1CCOCC1. The van der Waals surface area contributed by atoms with Crippen molar-refractivity contribution in [1.82, 2.24) is 4.90 Å². The van der Waals surface area contributed by atoms with E-state index >= 15 is 0 Å². The molecule has 0 aromatic heterocycles. The van der Waals surface area contributed by atoms with Gasteiger partial charge in [0.1, 0.15) is 5.82 Å². The molecule has 0 unspecified atom stereocenters. The summed E-state index contributed by atoms with van der Waals surface area (Å²) in [5.41, 5.74) is 2.60. The minimum Gasteiger partial charge on any atom is -0.399 e. The van der Waals surface area contributed by atoms with Gasteiger partial charge in [0.15, 0.2) is 0 Å². The fraction of sp³-hybridized carbons (Fsp3) is 0.550. The zero-order chi connectivity index (χ0) is 18.9. The minimum atomic E-state index is -0.364. The summed E-state index contributed by atoms with van der Waals surface area (Å²) in [7, 11) is -0.364. The zero-order valence-corrected chi connectivity index (χ0v) is 16.5. The third kappa shape index (κ3) is 3.59. The van der Waals surface area contributed by atoms with Crippen molar-refractivity contribution >= 4 is 25.4 Å². The topological polar surface area (TPSA) is 43.3 Å². The standard InChI is InChI=1S/C20H29BN2O3/c1-15-16(14-18(22-6)23-10-12-24-13-11-23)8-7-9-17(15)21-25-19(2,3)20(4,5)26-21/h7-9,14H,6,10-13H2,1-5H3/b18-14+. The van der Waals surface area contributed by atoms with Gasteiger partial charge in [0, 0.05) is 13.1 Å². The third-order valence-corrected chi connectivity index (χ3v) is 5.71. The van der Waals surface area contributed by atoms with Crippen molar-refractivity contribution in [2.45, 2.75) is 45.8 Å². The molecular formula is C20H29BN2O3. The first-order valence-corrected chi connectivity index (χ1v) is 9.21. The van der Waals surface area contributed by atoms with Gasteiger partial charge in [-0.2, -0.15) is 0 Å². The number of hydrogen-bond acceptors (Lipinski definition) is 5. The average Bonchev–Trinajstić information content (AvgIpc) is 2.82.